The lowest BCUT2D eigenvalue weighted by Gasteiger charge is -2.47. The monoisotopic (exact) mass is 261 g/mol. The molecule has 15 heavy (non-hydrogen) atoms. The summed E-state index contributed by atoms with van der Waals surface area (Å²) < 4.78 is 146. The van der Waals surface area contributed by atoms with Crippen LogP contribution in [0.1, 0.15) is 45.4 Å². The van der Waals surface area contributed by atoms with Crippen LogP contribution < -0.4 is 0 Å². The Morgan fingerprint density at radius 3 is 1.47 bits per heavy atom. The first-order valence-corrected chi connectivity index (χ1v) is 8.66. The van der Waals surface area contributed by atoms with Crippen molar-refractivity contribution >= 4 is 21.9 Å². The third-order valence-electron chi connectivity index (χ3n) is 2.27. The van der Waals surface area contributed by atoms with Crippen molar-refractivity contribution < 1.29 is 24.7 Å². The van der Waals surface area contributed by atoms with Crippen LogP contribution in [0, 0.1) is 0 Å². The van der Waals surface area contributed by atoms with Gasteiger partial charge in [0.05, 0.1) is 0 Å². The quantitative estimate of drug-likeness (QED) is 0.702. The molecule has 0 heterocycles. The van der Waals surface area contributed by atoms with Gasteiger partial charge in [-0.25, -0.2) is 0 Å². The molecule has 0 spiro atoms. The lowest BCUT2D eigenvalue weighted by molar-refractivity contribution is 0.299. The van der Waals surface area contributed by atoms with Gasteiger partial charge < -0.3 is 4.81 Å². The van der Waals surface area contributed by atoms with Gasteiger partial charge in [-0.15, -0.1) is 0 Å². The zero-order valence-electron chi connectivity index (χ0n) is 27.5. The van der Waals surface area contributed by atoms with Gasteiger partial charge in [-0.05, 0) is 27.8 Å². The van der Waals surface area contributed by atoms with Crippen molar-refractivity contribution in [2.24, 2.45) is 0 Å². The topological polar surface area (TPSA) is 3.24 Å². The number of nitrogens with zero attached hydrogens (tertiary/aromatic N) is 1. The van der Waals surface area contributed by atoms with Gasteiger partial charge in [0.15, 0.2) is 0 Å². The third-order valence-corrected chi connectivity index (χ3v) is 7.28. The van der Waals surface area contributed by atoms with Crippen LogP contribution in [-0.4, -0.2) is 39.3 Å². The van der Waals surface area contributed by atoms with Crippen LogP contribution in [0.3, 0.4) is 0 Å². The molecule has 90 valence electrons. The predicted octanol–water partition coefficient (Wildman–Crippen LogP) is 3.54. The average molecular weight is 261 g/mol. The van der Waals surface area contributed by atoms with Crippen molar-refractivity contribution in [1.29, 1.82) is 0 Å². The molecule has 0 amide bonds. The Balaban J connectivity index is 8.71. The summed E-state index contributed by atoms with van der Waals surface area (Å²) in [7, 11) is -11.5. The summed E-state index contributed by atoms with van der Waals surface area (Å²) in [5.41, 5.74) is -1.40. The first-order chi connectivity index (χ1) is 13.8. The van der Waals surface area contributed by atoms with E-state index in [0.717, 1.165) is 11.9 Å². The smallest absolute Gasteiger partial charge is 0.203 e. The van der Waals surface area contributed by atoms with E-state index in [4.69, 9.17) is 24.7 Å². The zero-order valence-corrected chi connectivity index (χ0v) is 11.5. The van der Waals surface area contributed by atoms with Crippen molar-refractivity contribution in [3.63, 3.8) is 0 Å². The highest BCUT2D eigenvalue weighted by atomic mass is 28.4. The van der Waals surface area contributed by atoms with Crippen molar-refractivity contribution in [2.75, 3.05) is 7.05 Å². The highest BCUT2D eigenvalue weighted by Gasteiger charge is 2.46. The Hall–Kier alpha value is 0.459. The van der Waals surface area contributed by atoms with Crippen LogP contribution in [0.15, 0.2) is 0 Å². The summed E-state index contributed by atoms with van der Waals surface area (Å²) in [6.45, 7) is -19.2. The standard InChI is InChI=1S/C11H30BNSi2/c1-11(2,3)13(4)12(14(5,6)7)15(8,9)10/h1-10H3/i5D3,6D3,7D3,8D3,9D3,10D3. The van der Waals surface area contributed by atoms with E-state index in [9.17, 15) is 0 Å². The Bertz CT molecular complexity index is 568. The minimum Gasteiger partial charge on any atom is -0.345 e. The van der Waals surface area contributed by atoms with E-state index in [1.165, 1.54) is 20.8 Å². The van der Waals surface area contributed by atoms with Gasteiger partial charge in [0.1, 0.15) is 0 Å². The maximum absolute atomic E-state index is 8.09. The van der Waals surface area contributed by atoms with E-state index in [2.05, 4.69) is 0 Å². The summed E-state index contributed by atoms with van der Waals surface area (Å²) in [5, 5.41) is 0. The van der Waals surface area contributed by atoms with Gasteiger partial charge in [0.2, 0.25) is 6.03 Å². The van der Waals surface area contributed by atoms with Crippen LogP contribution in [0.4, 0.5) is 0 Å². The van der Waals surface area contributed by atoms with Gasteiger partial charge in [-0.3, -0.25) is 0 Å². The molecule has 0 saturated carbocycles. The van der Waals surface area contributed by atoms with Crippen LogP contribution in [0.25, 0.3) is 0 Å². The first-order valence-electron chi connectivity index (χ1n) is 13.5. The summed E-state index contributed by atoms with van der Waals surface area (Å²) >= 11 is 0. The van der Waals surface area contributed by atoms with E-state index < -0.39 is 66.3 Å². The van der Waals surface area contributed by atoms with Crippen molar-refractivity contribution in [3.8, 4) is 0 Å². The summed E-state index contributed by atoms with van der Waals surface area (Å²) in [4.78, 5) is 0.766. The molecule has 0 radical (unpaired) electrons. The van der Waals surface area contributed by atoms with E-state index in [1.807, 2.05) is 0 Å². The van der Waals surface area contributed by atoms with Gasteiger partial charge in [0, 0.05) is 46.1 Å². The Morgan fingerprint density at radius 2 is 1.27 bits per heavy atom. The van der Waals surface area contributed by atoms with E-state index in [-0.39, 0.29) is 0 Å². The summed E-state index contributed by atoms with van der Waals surface area (Å²) in [5.74, 6) is 0. The molecular weight excluding hydrogens is 213 g/mol. The highest BCUT2D eigenvalue weighted by molar-refractivity contribution is 7.59. The molecule has 0 aliphatic rings. The Morgan fingerprint density at radius 1 is 0.933 bits per heavy atom. The zero-order chi connectivity index (χ0) is 27.7. The molecule has 0 atom stereocenters. The van der Waals surface area contributed by atoms with Crippen molar-refractivity contribution in [2.45, 2.75) is 65.2 Å². The molecule has 0 rings (SSSR count). The lowest BCUT2D eigenvalue weighted by atomic mass is 10.0. The molecule has 0 aliphatic carbocycles. The number of rotatable bonds is 3. The molecule has 0 aromatic heterocycles. The maximum Gasteiger partial charge on any atom is 0.203 e. The minimum atomic E-state index is -6.26. The normalized spacial score (nSPS) is 37.4. The van der Waals surface area contributed by atoms with Crippen LogP contribution >= 0.6 is 0 Å². The molecule has 1 nitrogen and oxygen atoms in total. The summed E-state index contributed by atoms with van der Waals surface area (Å²) in [6.07, 6.45) is 0. The molecule has 0 bridgehead atoms. The first kappa shape index (κ1) is 3.07. The molecule has 0 saturated heterocycles. The Labute approximate surface area is 125 Å². The van der Waals surface area contributed by atoms with E-state index in [0.29, 0.717) is 0 Å². The van der Waals surface area contributed by atoms with E-state index in [1.54, 1.807) is 0 Å². The molecular formula is C11H30BNSi2. The number of hydrogen-bond donors (Lipinski definition) is 0. The molecule has 0 aromatic rings. The fourth-order valence-electron chi connectivity index (χ4n) is 1.29. The van der Waals surface area contributed by atoms with Crippen LogP contribution in [-0.2, 0) is 0 Å². The second-order valence-electron chi connectivity index (χ2n) is 4.80. The van der Waals surface area contributed by atoms with Gasteiger partial charge in [-0.2, -0.15) is 0 Å². The maximum atomic E-state index is 8.09. The highest BCUT2D eigenvalue weighted by Crippen LogP contribution is 2.25. The lowest BCUT2D eigenvalue weighted by Crippen LogP contribution is -2.70. The molecule has 4 heteroatoms. The fourth-order valence-corrected chi connectivity index (χ4v) is 5.83. The number of hydrogen-bond acceptors (Lipinski definition) is 1. The largest absolute Gasteiger partial charge is 0.345 e. The Kier molecular flexibility index (Phi) is 0.895. The van der Waals surface area contributed by atoms with Crippen molar-refractivity contribution in [1.82, 2.24) is 4.81 Å². The predicted molar refractivity (Wildman–Crippen MR) is 80.0 cm³/mol. The molecule has 0 fully saturated rings. The molecule has 0 aromatic carbocycles. The van der Waals surface area contributed by atoms with Gasteiger partial charge >= 0.3 is 0 Å². The fraction of sp³-hybridized carbons (Fsp3) is 1.00. The molecule has 0 N–H and O–H groups in total. The molecule has 0 aliphatic heterocycles. The summed E-state index contributed by atoms with van der Waals surface area (Å²) in [6, 6.07) is -2.77. The van der Waals surface area contributed by atoms with E-state index >= 15 is 0 Å². The average Bonchev–Trinajstić information content (AvgIpc) is 2.35. The third kappa shape index (κ3) is 4.45. The second kappa shape index (κ2) is 4.38. The SMILES string of the molecule is [2H]C([2H])([2H])[Si](B(N(C)C(C)(C)C)[Si](C([2H])([2H])[2H])(C([2H])([2H])[2H])C([2H])([2H])[2H])(C([2H])([2H])[2H])C([2H])([2H])[2H]. The van der Waals surface area contributed by atoms with Crippen molar-refractivity contribution in [3.05, 3.63) is 0 Å². The van der Waals surface area contributed by atoms with Crippen LogP contribution in [0.5, 0.6) is 0 Å². The van der Waals surface area contributed by atoms with Gasteiger partial charge in [-0.1, -0.05) is 38.9 Å². The second-order valence-corrected chi connectivity index (χ2v) is 9.70. The van der Waals surface area contributed by atoms with Crippen LogP contribution in [0.2, 0.25) is 38.9 Å². The molecule has 0 unspecified atom stereocenters. The van der Waals surface area contributed by atoms with Gasteiger partial charge in [0.25, 0.3) is 0 Å². The minimum absolute atomic E-state index is 0.766.